The van der Waals surface area contributed by atoms with Gasteiger partial charge in [0.25, 0.3) is 0 Å². The highest BCUT2D eigenvalue weighted by Crippen LogP contribution is 2.33. The molecular weight excluding hydrogens is 252 g/mol. The third-order valence-corrected chi connectivity index (χ3v) is 5.28. The van der Waals surface area contributed by atoms with E-state index in [9.17, 15) is 0 Å². The van der Waals surface area contributed by atoms with Crippen molar-refractivity contribution in [3.8, 4) is 0 Å². The highest BCUT2D eigenvalue weighted by Gasteiger charge is 2.27. The molecule has 0 bridgehead atoms. The fraction of sp³-hybridized carbons (Fsp3) is 0.625. The number of anilines is 1. The lowest BCUT2D eigenvalue weighted by Gasteiger charge is -2.35. The maximum atomic E-state index is 3.71. The van der Waals surface area contributed by atoms with Crippen LogP contribution in [-0.4, -0.2) is 31.6 Å². The van der Waals surface area contributed by atoms with Gasteiger partial charge in [0.15, 0.2) is 0 Å². The van der Waals surface area contributed by atoms with E-state index in [4.69, 9.17) is 0 Å². The Morgan fingerprint density at radius 2 is 1.95 bits per heavy atom. The number of hydrogen-bond acceptors (Lipinski definition) is 3. The Hall–Kier alpha value is -0.670. The van der Waals surface area contributed by atoms with Gasteiger partial charge in [-0.05, 0) is 35.3 Å². The molecular formula is C16H26N2S. The fourth-order valence-corrected chi connectivity index (χ4v) is 3.88. The van der Waals surface area contributed by atoms with Crippen LogP contribution in [0.15, 0.2) is 24.3 Å². The minimum Gasteiger partial charge on any atom is -0.378 e. The molecule has 1 aromatic rings. The Morgan fingerprint density at radius 1 is 1.26 bits per heavy atom. The van der Waals surface area contributed by atoms with E-state index in [0.29, 0.717) is 11.5 Å². The molecule has 1 aliphatic rings. The van der Waals surface area contributed by atoms with E-state index in [0.717, 1.165) is 6.54 Å². The van der Waals surface area contributed by atoms with E-state index >= 15 is 0 Å². The molecule has 0 saturated carbocycles. The van der Waals surface area contributed by atoms with Gasteiger partial charge in [0.2, 0.25) is 0 Å². The Bertz CT molecular complexity index is 398. The molecule has 1 aromatic carbocycles. The summed E-state index contributed by atoms with van der Waals surface area (Å²) in [5.41, 5.74) is 3.12. The number of nitrogens with one attached hydrogen (secondary N) is 1. The summed E-state index contributed by atoms with van der Waals surface area (Å²) in [6.07, 6.45) is 1.29. The molecule has 1 atom stereocenters. The van der Waals surface area contributed by atoms with Gasteiger partial charge in [-0.1, -0.05) is 26.0 Å². The van der Waals surface area contributed by atoms with E-state index in [1.54, 1.807) is 0 Å². The van der Waals surface area contributed by atoms with Crippen molar-refractivity contribution in [1.82, 2.24) is 5.32 Å². The summed E-state index contributed by atoms with van der Waals surface area (Å²) in [4.78, 5) is 2.14. The molecule has 0 aromatic heterocycles. The number of rotatable bonds is 4. The molecule has 1 heterocycles. The summed E-state index contributed by atoms with van der Waals surface area (Å²) in [6, 6.07) is 9.49. The summed E-state index contributed by atoms with van der Waals surface area (Å²) in [5.74, 6) is 2.54. The van der Waals surface area contributed by atoms with Crippen molar-refractivity contribution >= 4 is 17.4 Å². The molecule has 1 unspecified atom stereocenters. The smallest absolute Gasteiger partial charge is 0.0361 e. The molecule has 0 spiro atoms. The van der Waals surface area contributed by atoms with Crippen molar-refractivity contribution in [1.29, 1.82) is 0 Å². The highest BCUT2D eigenvalue weighted by molar-refractivity contribution is 7.99. The molecule has 1 fully saturated rings. The van der Waals surface area contributed by atoms with Crippen LogP contribution in [0.25, 0.3) is 0 Å². The second kappa shape index (κ2) is 6.19. The Kier molecular flexibility index (Phi) is 4.80. The Balaban J connectivity index is 1.85. The highest BCUT2D eigenvalue weighted by atomic mass is 32.2. The molecule has 0 radical (unpaired) electrons. The summed E-state index contributed by atoms with van der Waals surface area (Å²) in [7, 11) is 4.16. The van der Waals surface area contributed by atoms with E-state index in [2.05, 4.69) is 74.2 Å². The molecule has 0 aliphatic carbocycles. The Morgan fingerprint density at radius 3 is 2.53 bits per heavy atom. The molecule has 1 aliphatic heterocycles. The lowest BCUT2D eigenvalue weighted by molar-refractivity contribution is 0.317. The summed E-state index contributed by atoms with van der Waals surface area (Å²) in [5, 5.41) is 3.71. The quantitative estimate of drug-likeness (QED) is 0.909. The molecule has 3 heteroatoms. The first-order valence-electron chi connectivity index (χ1n) is 7.04. The summed E-state index contributed by atoms with van der Waals surface area (Å²) < 4.78 is 0. The minimum atomic E-state index is 0.482. The average molecular weight is 278 g/mol. The normalized spacial score (nSPS) is 22.2. The van der Waals surface area contributed by atoms with Gasteiger partial charge in [-0.25, -0.2) is 0 Å². The standard InChI is InChI=1S/C16H26N2S/c1-16(2)9-14(11-19-12-16)17-10-13-5-7-15(8-6-13)18(3)4/h5-8,14,17H,9-12H2,1-4H3. The van der Waals surface area contributed by atoms with Crippen LogP contribution in [0.2, 0.25) is 0 Å². The first-order valence-corrected chi connectivity index (χ1v) is 8.19. The van der Waals surface area contributed by atoms with Gasteiger partial charge in [-0.15, -0.1) is 0 Å². The van der Waals surface area contributed by atoms with Crippen LogP contribution < -0.4 is 10.2 Å². The Labute approximate surface area is 122 Å². The fourth-order valence-electron chi connectivity index (χ4n) is 2.57. The van der Waals surface area contributed by atoms with Crippen molar-refractivity contribution in [2.24, 2.45) is 5.41 Å². The number of benzene rings is 1. The van der Waals surface area contributed by atoms with Crippen LogP contribution in [0.4, 0.5) is 5.69 Å². The van der Waals surface area contributed by atoms with E-state index in [1.807, 2.05) is 0 Å². The molecule has 1 saturated heterocycles. The second-order valence-electron chi connectivity index (χ2n) is 6.52. The largest absolute Gasteiger partial charge is 0.378 e. The summed E-state index contributed by atoms with van der Waals surface area (Å²) >= 11 is 2.08. The van der Waals surface area contributed by atoms with Crippen molar-refractivity contribution in [3.63, 3.8) is 0 Å². The van der Waals surface area contributed by atoms with Gasteiger partial charge in [-0.3, -0.25) is 0 Å². The SMILES string of the molecule is CN(C)c1ccc(CNC2CSCC(C)(C)C2)cc1. The lowest BCUT2D eigenvalue weighted by atomic mass is 9.88. The van der Waals surface area contributed by atoms with Crippen molar-refractivity contribution in [2.45, 2.75) is 32.9 Å². The predicted molar refractivity (Wildman–Crippen MR) is 87.1 cm³/mol. The third-order valence-electron chi connectivity index (χ3n) is 3.66. The van der Waals surface area contributed by atoms with Crippen LogP contribution in [0.1, 0.15) is 25.8 Å². The van der Waals surface area contributed by atoms with E-state index < -0.39 is 0 Å². The van der Waals surface area contributed by atoms with Gasteiger partial charge in [0, 0.05) is 38.1 Å². The van der Waals surface area contributed by atoms with Crippen molar-refractivity contribution in [3.05, 3.63) is 29.8 Å². The number of nitrogens with zero attached hydrogens (tertiary/aromatic N) is 1. The van der Waals surface area contributed by atoms with E-state index in [1.165, 1.54) is 29.2 Å². The van der Waals surface area contributed by atoms with Gasteiger partial charge < -0.3 is 10.2 Å². The van der Waals surface area contributed by atoms with Crippen LogP contribution in [0.5, 0.6) is 0 Å². The predicted octanol–water partition coefficient (Wildman–Crippen LogP) is 3.37. The lowest BCUT2D eigenvalue weighted by Crippen LogP contribution is -2.39. The number of thioether (sulfide) groups is 1. The first kappa shape index (κ1) is 14.7. The van der Waals surface area contributed by atoms with E-state index in [-0.39, 0.29) is 0 Å². The topological polar surface area (TPSA) is 15.3 Å². The second-order valence-corrected chi connectivity index (χ2v) is 7.55. The van der Waals surface area contributed by atoms with Crippen LogP contribution in [-0.2, 0) is 6.54 Å². The summed E-state index contributed by atoms with van der Waals surface area (Å²) in [6.45, 7) is 5.73. The third kappa shape index (κ3) is 4.43. The van der Waals surface area contributed by atoms with Gasteiger partial charge >= 0.3 is 0 Å². The van der Waals surface area contributed by atoms with Crippen LogP contribution in [0.3, 0.4) is 0 Å². The minimum absolute atomic E-state index is 0.482. The molecule has 1 N–H and O–H groups in total. The molecule has 19 heavy (non-hydrogen) atoms. The zero-order valence-electron chi connectivity index (χ0n) is 12.6. The van der Waals surface area contributed by atoms with Crippen molar-refractivity contribution in [2.75, 3.05) is 30.5 Å². The molecule has 106 valence electrons. The monoisotopic (exact) mass is 278 g/mol. The van der Waals surface area contributed by atoms with Gasteiger partial charge in [-0.2, -0.15) is 11.8 Å². The van der Waals surface area contributed by atoms with Gasteiger partial charge in [0.05, 0.1) is 0 Å². The number of hydrogen-bond donors (Lipinski definition) is 1. The first-order chi connectivity index (χ1) is 8.96. The molecule has 2 rings (SSSR count). The van der Waals surface area contributed by atoms with Crippen molar-refractivity contribution < 1.29 is 0 Å². The zero-order chi connectivity index (χ0) is 13.9. The maximum Gasteiger partial charge on any atom is 0.0361 e. The van der Waals surface area contributed by atoms with Gasteiger partial charge in [0.1, 0.15) is 0 Å². The van der Waals surface area contributed by atoms with Crippen LogP contribution in [0, 0.1) is 5.41 Å². The van der Waals surface area contributed by atoms with Crippen LogP contribution >= 0.6 is 11.8 Å². The molecule has 0 amide bonds. The zero-order valence-corrected chi connectivity index (χ0v) is 13.4. The molecule has 2 nitrogen and oxygen atoms in total. The average Bonchev–Trinajstić information content (AvgIpc) is 2.36. The maximum absolute atomic E-state index is 3.71.